The van der Waals surface area contributed by atoms with E-state index in [1.807, 2.05) is 18.2 Å². The Kier molecular flexibility index (Phi) is 3.22. The molecule has 0 unspecified atom stereocenters. The van der Waals surface area contributed by atoms with E-state index in [2.05, 4.69) is 25.1 Å². The summed E-state index contributed by atoms with van der Waals surface area (Å²) in [6.45, 7) is 4.25. The van der Waals surface area contributed by atoms with Crippen LogP contribution < -0.4 is 0 Å². The maximum Gasteiger partial charge on any atom is 0.335 e. The highest BCUT2D eigenvalue weighted by molar-refractivity contribution is 5.94. The van der Waals surface area contributed by atoms with Gasteiger partial charge in [0.2, 0.25) is 0 Å². The molecule has 3 rings (SSSR count). The highest BCUT2D eigenvalue weighted by Gasteiger charge is 2.13. The zero-order valence-corrected chi connectivity index (χ0v) is 11.8. The molecule has 1 heterocycles. The highest BCUT2D eigenvalue weighted by Crippen LogP contribution is 2.30. The van der Waals surface area contributed by atoms with Gasteiger partial charge >= 0.3 is 5.97 Å². The van der Waals surface area contributed by atoms with Gasteiger partial charge in [0.1, 0.15) is 5.69 Å². The molecule has 0 aliphatic rings. The van der Waals surface area contributed by atoms with Gasteiger partial charge in [-0.3, -0.25) is 0 Å². The third kappa shape index (κ3) is 2.40. The number of aromatic carboxylic acids is 1. The monoisotopic (exact) mass is 281 g/mol. The van der Waals surface area contributed by atoms with E-state index in [1.54, 1.807) is 18.2 Å². The first-order valence-corrected chi connectivity index (χ1v) is 6.79. The van der Waals surface area contributed by atoms with E-state index < -0.39 is 5.97 Å². The summed E-state index contributed by atoms with van der Waals surface area (Å²) in [5.41, 5.74) is 3.56. The maximum absolute atomic E-state index is 11.1. The van der Waals surface area contributed by atoms with Crippen molar-refractivity contribution in [2.45, 2.75) is 19.8 Å². The van der Waals surface area contributed by atoms with E-state index in [0.717, 1.165) is 10.9 Å². The van der Waals surface area contributed by atoms with Crippen LogP contribution in [0.3, 0.4) is 0 Å². The molecular weight excluding hydrogens is 266 g/mol. The lowest BCUT2D eigenvalue weighted by Crippen LogP contribution is -1.95. The van der Waals surface area contributed by atoms with Crippen molar-refractivity contribution < 1.29 is 14.4 Å². The molecule has 1 N–H and O–H groups in total. The van der Waals surface area contributed by atoms with Crippen LogP contribution in [0.5, 0.6) is 0 Å². The molecule has 1 aromatic heterocycles. The number of nitrogens with zero attached hydrogens (tertiary/aromatic N) is 1. The summed E-state index contributed by atoms with van der Waals surface area (Å²) in [5.74, 6) is -0.546. The number of hydrogen-bond donors (Lipinski definition) is 1. The van der Waals surface area contributed by atoms with Crippen LogP contribution in [-0.2, 0) is 0 Å². The quantitative estimate of drug-likeness (QED) is 0.776. The van der Waals surface area contributed by atoms with Crippen LogP contribution in [-0.4, -0.2) is 16.2 Å². The second-order valence-electron chi connectivity index (χ2n) is 5.33. The third-order valence-corrected chi connectivity index (χ3v) is 3.54. The molecule has 0 aliphatic carbocycles. The Morgan fingerprint density at radius 1 is 1.19 bits per heavy atom. The number of aromatic nitrogens is 1. The highest BCUT2D eigenvalue weighted by atomic mass is 16.5. The zero-order valence-electron chi connectivity index (χ0n) is 11.8. The van der Waals surface area contributed by atoms with Gasteiger partial charge in [0.15, 0.2) is 5.58 Å². The predicted octanol–water partition coefficient (Wildman–Crippen LogP) is 4.32. The van der Waals surface area contributed by atoms with Crippen LogP contribution in [0.15, 0.2) is 47.0 Å². The molecule has 2 aromatic carbocycles. The van der Waals surface area contributed by atoms with Crippen LogP contribution in [0.2, 0.25) is 0 Å². The van der Waals surface area contributed by atoms with E-state index in [4.69, 9.17) is 9.63 Å². The van der Waals surface area contributed by atoms with Crippen LogP contribution in [0.1, 0.15) is 35.7 Å². The summed E-state index contributed by atoms with van der Waals surface area (Å²) in [4.78, 5) is 11.1. The molecule has 21 heavy (non-hydrogen) atoms. The summed E-state index contributed by atoms with van der Waals surface area (Å²) in [7, 11) is 0. The topological polar surface area (TPSA) is 63.3 Å². The van der Waals surface area contributed by atoms with E-state index in [1.165, 1.54) is 5.56 Å². The van der Waals surface area contributed by atoms with Crippen molar-refractivity contribution in [1.29, 1.82) is 0 Å². The number of hydrogen-bond acceptors (Lipinski definition) is 3. The Bertz CT molecular complexity index is 818. The molecular formula is C17H15NO3. The van der Waals surface area contributed by atoms with Gasteiger partial charge in [0.05, 0.1) is 5.56 Å². The molecule has 3 aromatic rings. The first kappa shape index (κ1) is 13.4. The molecule has 106 valence electrons. The lowest BCUT2D eigenvalue weighted by Gasteiger charge is -2.05. The number of rotatable bonds is 3. The fourth-order valence-corrected chi connectivity index (χ4v) is 2.32. The fourth-order valence-electron chi connectivity index (χ4n) is 2.32. The number of carboxylic acids is 1. The second kappa shape index (κ2) is 5.05. The van der Waals surface area contributed by atoms with Gasteiger partial charge in [-0.25, -0.2) is 4.79 Å². The molecule has 0 bridgehead atoms. The third-order valence-electron chi connectivity index (χ3n) is 3.54. The average Bonchev–Trinajstić information content (AvgIpc) is 2.90. The van der Waals surface area contributed by atoms with Gasteiger partial charge in [-0.1, -0.05) is 37.2 Å². The van der Waals surface area contributed by atoms with Crippen molar-refractivity contribution in [2.24, 2.45) is 0 Å². The Morgan fingerprint density at radius 2 is 2.00 bits per heavy atom. The molecule has 0 saturated carbocycles. The second-order valence-corrected chi connectivity index (χ2v) is 5.33. The maximum atomic E-state index is 11.1. The Labute approximate surface area is 122 Å². The zero-order chi connectivity index (χ0) is 15.0. The van der Waals surface area contributed by atoms with Crippen molar-refractivity contribution in [3.05, 3.63) is 53.6 Å². The van der Waals surface area contributed by atoms with Crippen LogP contribution in [0, 0.1) is 0 Å². The first-order chi connectivity index (χ1) is 10.1. The first-order valence-electron chi connectivity index (χ1n) is 6.79. The Hall–Kier alpha value is -2.62. The van der Waals surface area contributed by atoms with E-state index in [9.17, 15) is 4.79 Å². The van der Waals surface area contributed by atoms with Crippen LogP contribution >= 0.6 is 0 Å². The molecule has 0 aliphatic heterocycles. The van der Waals surface area contributed by atoms with Gasteiger partial charge < -0.3 is 9.63 Å². The van der Waals surface area contributed by atoms with Crippen molar-refractivity contribution in [2.75, 3.05) is 0 Å². The average molecular weight is 281 g/mol. The normalized spacial score (nSPS) is 11.2. The molecule has 0 atom stereocenters. The van der Waals surface area contributed by atoms with Crippen LogP contribution in [0.25, 0.3) is 22.2 Å². The van der Waals surface area contributed by atoms with Gasteiger partial charge in [-0.05, 0) is 35.7 Å². The number of benzene rings is 2. The number of carboxylic acid groups (broad SMARTS) is 1. The summed E-state index contributed by atoms with van der Waals surface area (Å²) in [6.07, 6.45) is 0. The Balaban J connectivity index is 2.18. The molecule has 0 saturated heterocycles. The van der Waals surface area contributed by atoms with Gasteiger partial charge in [0, 0.05) is 10.9 Å². The molecule has 0 spiro atoms. The minimum Gasteiger partial charge on any atom is -0.478 e. The molecule has 0 radical (unpaired) electrons. The number of fused-ring (bicyclic) bond motifs is 1. The largest absolute Gasteiger partial charge is 0.478 e. The summed E-state index contributed by atoms with van der Waals surface area (Å²) < 4.78 is 5.34. The van der Waals surface area contributed by atoms with Crippen molar-refractivity contribution in [3.63, 3.8) is 0 Å². The van der Waals surface area contributed by atoms with Gasteiger partial charge in [-0.2, -0.15) is 0 Å². The molecule has 0 fully saturated rings. The van der Waals surface area contributed by atoms with Gasteiger partial charge in [-0.15, -0.1) is 0 Å². The minimum absolute atomic E-state index is 0.240. The van der Waals surface area contributed by atoms with E-state index >= 15 is 0 Å². The molecule has 4 heteroatoms. The van der Waals surface area contributed by atoms with Crippen molar-refractivity contribution >= 4 is 16.9 Å². The van der Waals surface area contributed by atoms with E-state index in [0.29, 0.717) is 17.2 Å². The fraction of sp³-hybridized carbons (Fsp3) is 0.176. The predicted molar refractivity (Wildman–Crippen MR) is 80.5 cm³/mol. The van der Waals surface area contributed by atoms with Crippen molar-refractivity contribution in [3.8, 4) is 11.3 Å². The van der Waals surface area contributed by atoms with E-state index in [-0.39, 0.29) is 5.56 Å². The Morgan fingerprint density at radius 3 is 2.71 bits per heavy atom. The lowest BCUT2D eigenvalue weighted by atomic mass is 9.99. The molecule has 0 amide bonds. The number of carbonyl (C=O) groups is 1. The standard InChI is InChI=1S/C17H15NO3/c1-10(2)11-6-7-15-14(9-11)16(18-21-15)12-4-3-5-13(8-12)17(19)20/h3-10H,1-2H3,(H,19,20). The SMILES string of the molecule is CC(C)c1ccc2onc(-c3cccc(C(=O)O)c3)c2c1. The van der Waals surface area contributed by atoms with Gasteiger partial charge in [0.25, 0.3) is 0 Å². The van der Waals surface area contributed by atoms with Crippen LogP contribution in [0.4, 0.5) is 0 Å². The van der Waals surface area contributed by atoms with Crippen molar-refractivity contribution in [1.82, 2.24) is 5.16 Å². The summed E-state index contributed by atoms with van der Waals surface area (Å²) in [5, 5.41) is 14.1. The summed E-state index contributed by atoms with van der Waals surface area (Å²) in [6, 6.07) is 12.7. The lowest BCUT2D eigenvalue weighted by molar-refractivity contribution is 0.0697. The minimum atomic E-state index is -0.951. The summed E-state index contributed by atoms with van der Waals surface area (Å²) >= 11 is 0. The molecule has 4 nitrogen and oxygen atoms in total. The smallest absolute Gasteiger partial charge is 0.335 e.